The second-order valence-corrected chi connectivity index (χ2v) is 7.15. The monoisotopic (exact) mass is 360 g/mol. The molecule has 4 rings (SSSR count). The standard InChI is InChI=1S/C24H24O3/c1-17(25)26-22-14-8-7-13-21(22)24-20-12-6-5-9-18(20)15-16-23(24)27-19-10-3-2-4-11-19/h2-6,9-12,15-16,21-22H,7-8,13-14H2,1H3/t21-,22+/m0/s1. The molecule has 3 nitrogen and oxygen atoms in total. The molecule has 0 N–H and O–H groups in total. The van der Waals surface area contributed by atoms with Crippen molar-refractivity contribution in [2.75, 3.05) is 0 Å². The lowest BCUT2D eigenvalue weighted by molar-refractivity contribution is -0.148. The first-order valence-electron chi connectivity index (χ1n) is 9.64. The fourth-order valence-corrected chi connectivity index (χ4v) is 4.14. The van der Waals surface area contributed by atoms with E-state index in [1.54, 1.807) is 0 Å². The second kappa shape index (κ2) is 7.83. The van der Waals surface area contributed by atoms with Gasteiger partial charge in [-0.3, -0.25) is 4.79 Å². The highest BCUT2D eigenvalue weighted by Crippen LogP contribution is 2.44. The first-order valence-corrected chi connectivity index (χ1v) is 9.64. The van der Waals surface area contributed by atoms with Crippen LogP contribution in [0.5, 0.6) is 11.5 Å². The zero-order chi connectivity index (χ0) is 18.6. The van der Waals surface area contributed by atoms with Crippen LogP contribution in [0.4, 0.5) is 0 Å². The molecule has 2 atom stereocenters. The second-order valence-electron chi connectivity index (χ2n) is 7.15. The topological polar surface area (TPSA) is 35.5 Å². The van der Waals surface area contributed by atoms with Crippen molar-refractivity contribution in [3.63, 3.8) is 0 Å². The molecule has 0 saturated heterocycles. The molecule has 27 heavy (non-hydrogen) atoms. The molecule has 0 aromatic heterocycles. The van der Waals surface area contributed by atoms with Gasteiger partial charge < -0.3 is 9.47 Å². The zero-order valence-corrected chi connectivity index (χ0v) is 15.6. The van der Waals surface area contributed by atoms with Gasteiger partial charge in [0, 0.05) is 18.4 Å². The summed E-state index contributed by atoms with van der Waals surface area (Å²) in [7, 11) is 0. The van der Waals surface area contributed by atoms with Crippen LogP contribution in [0.3, 0.4) is 0 Å². The zero-order valence-electron chi connectivity index (χ0n) is 15.6. The summed E-state index contributed by atoms with van der Waals surface area (Å²) in [5.41, 5.74) is 1.16. The fraction of sp³-hybridized carbons (Fsp3) is 0.292. The smallest absolute Gasteiger partial charge is 0.302 e. The summed E-state index contributed by atoms with van der Waals surface area (Å²) in [6, 6.07) is 22.4. The Morgan fingerprint density at radius 1 is 0.889 bits per heavy atom. The molecule has 3 aromatic rings. The van der Waals surface area contributed by atoms with Crippen LogP contribution in [0.25, 0.3) is 10.8 Å². The number of hydrogen-bond donors (Lipinski definition) is 0. The van der Waals surface area contributed by atoms with Crippen molar-refractivity contribution in [1.82, 2.24) is 0 Å². The summed E-state index contributed by atoms with van der Waals surface area (Å²) in [4.78, 5) is 11.7. The van der Waals surface area contributed by atoms with E-state index in [0.717, 1.165) is 42.7 Å². The molecule has 1 aliphatic rings. The van der Waals surface area contributed by atoms with Gasteiger partial charge in [-0.1, -0.05) is 55.0 Å². The third-order valence-corrected chi connectivity index (χ3v) is 5.29. The molecule has 0 aliphatic heterocycles. The van der Waals surface area contributed by atoms with Gasteiger partial charge in [-0.05, 0) is 48.2 Å². The summed E-state index contributed by atoms with van der Waals surface area (Å²) < 4.78 is 12.0. The number of ether oxygens (including phenoxy) is 2. The van der Waals surface area contributed by atoms with Gasteiger partial charge in [0.1, 0.15) is 17.6 Å². The maximum Gasteiger partial charge on any atom is 0.302 e. The molecule has 1 aliphatic carbocycles. The molecule has 0 radical (unpaired) electrons. The molecule has 138 valence electrons. The fourth-order valence-electron chi connectivity index (χ4n) is 4.14. The minimum atomic E-state index is -0.210. The summed E-state index contributed by atoms with van der Waals surface area (Å²) in [6.07, 6.45) is 4.03. The van der Waals surface area contributed by atoms with Gasteiger partial charge in [-0.25, -0.2) is 0 Å². The number of carbonyl (C=O) groups is 1. The van der Waals surface area contributed by atoms with Gasteiger partial charge in [0.2, 0.25) is 0 Å². The van der Waals surface area contributed by atoms with Crippen LogP contribution in [0.1, 0.15) is 44.1 Å². The minimum Gasteiger partial charge on any atom is -0.462 e. The van der Waals surface area contributed by atoms with E-state index in [-0.39, 0.29) is 18.0 Å². The summed E-state index contributed by atoms with van der Waals surface area (Å²) in [5, 5.41) is 2.36. The molecule has 0 bridgehead atoms. The van der Waals surface area contributed by atoms with Crippen LogP contribution < -0.4 is 4.74 Å². The van der Waals surface area contributed by atoms with Crippen LogP contribution in [0, 0.1) is 0 Å². The molecule has 1 saturated carbocycles. The van der Waals surface area contributed by atoms with Gasteiger partial charge in [0.15, 0.2) is 0 Å². The maximum atomic E-state index is 11.7. The average Bonchev–Trinajstić information content (AvgIpc) is 2.69. The van der Waals surface area contributed by atoms with Gasteiger partial charge >= 0.3 is 5.97 Å². The third-order valence-electron chi connectivity index (χ3n) is 5.29. The Balaban J connectivity index is 1.82. The Kier molecular flexibility index (Phi) is 5.10. The lowest BCUT2D eigenvalue weighted by atomic mass is 9.79. The molecule has 1 fully saturated rings. The Hall–Kier alpha value is -2.81. The van der Waals surface area contributed by atoms with Gasteiger partial charge in [0.05, 0.1) is 0 Å². The van der Waals surface area contributed by atoms with E-state index < -0.39 is 0 Å². The van der Waals surface area contributed by atoms with Crippen LogP contribution in [0.2, 0.25) is 0 Å². The highest BCUT2D eigenvalue weighted by molar-refractivity contribution is 5.88. The quantitative estimate of drug-likeness (QED) is 0.518. The number of carbonyl (C=O) groups excluding carboxylic acids is 1. The minimum absolute atomic E-state index is 0.0971. The van der Waals surface area contributed by atoms with Crippen molar-refractivity contribution in [2.24, 2.45) is 0 Å². The summed E-state index contributed by atoms with van der Waals surface area (Å²) >= 11 is 0. The van der Waals surface area contributed by atoms with Crippen molar-refractivity contribution in [3.8, 4) is 11.5 Å². The number of hydrogen-bond acceptors (Lipinski definition) is 3. The molecule has 3 heteroatoms. The lowest BCUT2D eigenvalue weighted by Gasteiger charge is -2.33. The predicted molar refractivity (Wildman–Crippen MR) is 107 cm³/mol. The van der Waals surface area contributed by atoms with E-state index in [2.05, 4.69) is 24.3 Å². The van der Waals surface area contributed by atoms with Crippen LogP contribution >= 0.6 is 0 Å². The van der Waals surface area contributed by atoms with Crippen molar-refractivity contribution in [2.45, 2.75) is 44.6 Å². The molecule has 0 unspecified atom stereocenters. The van der Waals surface area contributed by atoms with E-state index in [9.17, 15) is 4.79 Å². The molecule has 0 amide bonds. The summed E-state index contributed by atoms with van der Waals surface area (Å²) in [5.74, 6) is 1.60. The van der Waals surface area contributed by atoms with Crippen molar-refractivity contribution >= 4 is 16.7 Å². The Labute approximate surface area is 159 Å². The van der Waals surface area contributed by atoms with Crippen molar-refractivity contribution in [3.05, 3.63) is 72.3 Å². The molecule has 3 aromatic carbocycles. The van der Waals surface area contributed by atoms with Crippen LogP contribution in [-0.2, 0) is 9.53 Å². The van der Waals surface area contributed by atoms with Crippen molar-refractivity contribution < 1.29 is 14.3 Å². The largest absolute Gasteiger partial charge is 0.462 e. The number of esters is 1. The highest BCUT2D eigenvalue weighted by Gasteiger charge is 2.32. The first-order chi connectivity index (χ1) is 13.2. The first kappa shape index (κ1) is 17.6. The molecular weight excluding hydrogens is 336 g/mol. The number of rotatable bonds is 4. The van der Waals surface area contributed by atoms with E-state index in [1.807, 2.05) is 42.5 Å². The lowest BCUT2D eigenvalue weighted by Crippen LogP contribution is -2.28. The van der Waals surface area contributed by atoms with Gasteiger partial charge in [-0.15, -0.1) is 0 Å². The van der Waals surface area contributed by atoms with E-state index in [0.29, 0.717) is 0 Å². The van der Waals surface area contributed by atoms with Gasteiger partial charge in [0.25, 0.3) is 0 Å². The highest BCUT2D eigenvalue weighted by atomic mass is 16.5. The number of fused-ring (bicyclic) bond motifs is 1. The van der Waals surface area contributed by atoms with E-state index >= 15 is 0 Å². The molecular formula is C24H24O3. The predicted octanol–water partition coefficient (Wildman–Crippen LogP) is 6.22. The maximum absolute atomic E-state index is 11.7. The van der Waals surface area contributed by atoms with Crippen LogP contribution in [0.15, 0.2) is 66.7 Å². The third kappa shape index (κ3) is 3.82. The van der Waals surface area contributed by atoms with Crippen LogP contribution in [-0.4, -0.2) is 12.1 Å². The Morgan fingerprint density at radius 3 is 2.44 bits per heavy atom. The number of para-hydroxylation sites is 1. The normalized spacial score (nSPS) is 19.6. The molecule has 0 spiro atoms. The van der Waals surface area contributed by atoms with E-state index in [1.165, 1.54) is 17.7 Å². The SMILES string of the molecule is CC(=O)O[C@@H]1CCCC[C@@H]1c1c(Oc2ccccc2)ccc2ccccc12. The van der Waals surface area contributed by atoms with Crippen molar-refractivity contribution in [1.29, 1.82) is 0 Å². The summed E-state index contributed by atoms with van der Waals surface area (Å²) in [6.45, 7) is 1.50. The van der Waals surface area contributed by atoms with Gasteiger partial charge in [-0.2, -0.15) is 0 Å². The van der Waals surface area contributed by atoms with E-state index in [4.69, 9.17) is 9.47 Å². The Morgan fingerprint density at radius 2 is 1.63 bits per heavy atom. The Bertz CT molecular complexity index is 933. The molecule has 0 heterocycles. The average molecular weight is 360 g/mol. The number of benzene rings is 3.